The van der Waals surface area contributed by atoms with Crippen LogP contribution in [0.1, 0.15) is 29.9 Å². The van der Waals surface area contributed by atoms with Crippen LogP contribution in [-0.2, 0) is 20.5 Å². The lowest BCUT2D eigenvalue weighted by molar-refractivity contribution is 0.571. The van der Waals surface area contributed by atoms with Crippen molar-refractivity contribution in [1.29, 1.82) is 0 Å². The van der Waals surface area contributed by atoms with E-state index in [9.17, 15) is 0 Å². The molecule has 2 aromatic rings. The molecule has 98 valence electrons. The molecule has 3 N–H and O–H groups in total. The van der Waals surface area contributed by atoms with Crippen molar-refractivity contribution in [1.82, 2.24) is 25.0 Å². The number of hydrazine groups is 1. The molecule has 0 aliphatic rings. The zero-order valence-electron chi connectivity index (χ0n) is 10.7. The number of aryl methyl sites for hydroxylation is 3. The average molecular weight is 269 g/mol. The molecule has 0 bridgehead atoms. The van der Waals surface area contributed by atoms with Crippen LogP contribution in [-0.4, -0.2) is 19.6 Å². The van der Waals surface area contributed by atoms with Crippen LogP contribution < -0.4 is 11.3 Å². The Labute approximate surface area is 111 Å². The molecule has 0 spiro atoms. The van der Waals surface area contributed by atoms with Gasteiger partial charge in [-0.25, -0.2) is 5.43 Å². The number of nitrogens with zero attached hydrogens (tertiary/aromatic N) is 4. The fourth-order valence-electron chi connectivity index (χ4n) is 2.13. The predicted octanol–water partition coefficient (Wildman–Crippen LogP) is 0.922. The molecular formula is C11H17ClN6. The van der Waals surface area contributed by atoms with Crippen LogP contribution in [0.2, 0.25) is 5.02 Å². The van der Waals surface area contributed by atoms with Gasteiger partial charge in [0.05, 0.1) is 28.6 Å². The average Bonchev–Trinajstić information content (AvgIpc) is 2.87. The second kappa shape index (κ2) is 5.09. The summed E-state index contributed by atoms with van der Waals surface area (Å²) in [7, 11) is 3.73. The Morgan fingerprint density at radius 1 is 1.50 bits per heavy atom. The Balaban J connectivity index is 2.51. The monoisotopic (exact) mass is 268 g/mol. The van der Waals surface area contributed by atoms with E-state index < -0.39 is 0 Å². The van der Waals surface area contributed by atoms with Crippen LogP contribution >= 0.6 is 11.6 Å². The highest BCUT2D eigenvalue weighted by atomic mass is 35.5. The molecular weight excluding hydrogens is 252 g/mol. The van der Waals surface area contributed by atoms with Crippen molar-refractivity contribution in [2.75, 3.05) is 0 Å². The number of aromatic nitrogens is 4. The summed E-state index contributed by atoms with van der Waals surface area (Å²) in [6.07, 6.45) is 4.40. The lowest BCUT2D eigenvalue weighted by Gasteiger charge is -2.16. The topological polar surface area (TPSA) is 73.7 Å². The lowest BCUT2D eigenvalue weighted by atomic mass is 10.0. The normalized spacial score (nSPS) is 12.9. The molecule has 0 saturated heterocycles. The first-order chi connectivity index (χ1) is 8.58. The largest absolute Gasteiger partial charge is 0.275 e. The van der Waals surface area contributed by atoms with Gasteiger partial charge < -0.3 is 0 Å². The van der Waals surface area contributed by atoms with Crippen LogP contribution in [0.3, 0.4) is 0 Å². The number of nitrogens with one attached hydrogen (secondary N) is 1. The molecule has 18 heavy (non-hydrogen) atoms. The molecule has 1 atom stereocenters. The Kier molecular flexibility index (Phi) is 3.70. The molecule has 0 fully saturated rings. The van der Waals surface area contributed by atoms with Crippen LogP contribution in [0.4, 0.5) is 0 Å². The molecule has 1 unspecified atom stereocenters. The van der Waals surface area contributed by atoms with Gasteiger partial charge in [0.2, 0.25) is 0 Å². The van der Waals surface area contributed by atoms with Gasteiger partial charge in [0, 0.05) is 25.9 Å². The summed E-state index contributed by atoms with van der Waals surface area (Å²) >= 11 is 6.16. The van der Waals surface area contributed by atoms with Gasteiger partial charge in [0.15, 0.2) is 0 Å². The lowest BCUT2D eigenvalue weighted by Crippen LogP contribution is -2.31. The zero-order chi connectivity index (χ0) is 13.3. The van der Waals surface area contributed by atoms with Crippen molar-refractivity contribution in [3.05, 3.63) is 34.4 Å². The van der Waals surface area contributed by atoms with E-state index in [1.54, 1.807) is 15.6 Å². The third kappa shape index (κ3) is 2.14. The highest BCUT2D eigenvalue weighted by molar-refractivity contribution is 6.31. The molecule has 0 aliphatic heterocycles. The Morgan fingerprint density at radius 2 is 2.22 bits per heavy atom. The minimum Gasteiger partial charge on any atom is -0.275 e. The highest BCUT2D eigenvalue weighted by Gasteiger charge is 2.23. The third-order valence-corrected chi connectivity index (χ3v) is 3.25. The van der Waals surface area contributed by atoms with Crippen molar-refractivity contribution in [2.24, 2.45) is 19.9 Å². The summed E-state index contributed by atoms with van der Waals surface area (Å²) in [5, 5.41) is 9.14. The van der Waals surface area contributed by atoms with Crippen molar-refractivity contribution in [3.63, 3.8) is 0 Å². The Bertz CT molecular complexity index is 524. The maximum Gasteiger partial charge on any atom is 0.0926 e. The number of rotatable bonds is 4. The minimum atomic E-state index is -0.214. The maximum atomic E-state index is 6.16. The summed E-state index contributed by atoms with van der Waals surface area (Å²) in [4.78, 5) is 0. The van der Waals surface area contributed by atoms with Crippen molar-refractivity contribution in [2.45, 2.75) is 19.4 Å². The van der Waals surface area contributed by atoms with Crippen LogP contribution in [0, 0.1) is 0 Å². The smallest absolute Gasteiger partial charge is 0.0926 e. The van der Waals surface area contributed by atoms with E-state index in [-0.39, 0.29) is 6.04 Å². The van der Waals surface area contributed by atoms with E-state index in [2.05, 4.69) is 22.5 Å². The standard InChI is InChI=1S/C11H17ClN6/c1-4-9-7(6-17(2)16-9)10(15-13)11-8(12)5-14-18(11)3/h5-6,10,15H,4,13H2,1-3H3. The van der Waals surface area contributed by atoms with Crippen molar-refractivity contribution in [3.8, 4) is 0 Å². The second-order valence-electron chi connectivity index (χ2n) is 4.16. The molecule has 0 amide bonds. The van der Waals surface area contributed by atoms with Crippen molar-refractivity contribution >= 4 is 11.6 Å². The minimum absolute atomic E-state index is 0.214. The van der Waals surface area contributed by atoms with E-state index in [1.165, 1.54) is 0 Å². The van der Waals surface area contributed by atoms with E-state index >= 15 is 0 Å². The van der Waals surface area contributed by atoms with Gasteiger partial charge in [-0.05, 0) is 6.42 Å². The molecule has 2 heterocycles. The second-order valence-corrected chi connectivity index (χ2v) is 4.57. The SMILES string of the molecule is CCc1nn(C)cc1C(NN)c1c(Cl)cnn1C. The molecule has 2 rings (SSSR count). The van der Waals surface area contributed by atoms with E-state index in [0.717, 1.165) is 23.4 Å². The maximum absolute atomic E-state index is 6.16. The molecule has 6 nitrogen and oxygen atoms in total. The van der Waals surface area contributed by atoms with Crippen molar-refractivity contribution < 1.29 is 0 Å². The van der Waals surface area contributed by atoms with Gasteiger partial charge in [-0.1, -0.05) is 18.5 Å². The molecule has 0 aliphatic carbocycles. The summed E-state index contributed by atoms with van der Waals surface area (Å²) in [6, 6.07) is -0.214. The van der Waals surface area contributed by atoms with Gasteiger partial charge in [0.1, 0.15) is 0 Å². The first kappa shape index (κ1) is 13.1. The van der Waals surface area contributed by atoms with Gasteiger partial charge in [-0.15, -0.1) is 0 Å². The fourth-order valence-corrected chi connectivity index (χ4v) is 2.40. The van der Waals surface area contributed by atoms with Gasteiger partial charge >= 0.3 is 0 Å². The van der Waals surface area contributed by atoms with Gasteiger partial charge in [-0.3, -0.25) is 15.2 Å². The summed E-state index contributed by atoms with van der Waals surface area (Å²) in [6.45, 7) is 2.06. The molecule has 0 saturated carbocycles. The fraction of sp³-hybridized carbons (Fsp3) is 0.455. The highest BCUT2D eigenvalue weighted by Crippen LogP contribution is 2.28. The Hall–Kier alpha value is -1.37. The van der Waals surface area contributed by atoms with E-state index in [4.69, 9.17) is 17.4 Å². The Morgan fingerprint density at radius 3 is 2.72 bits per heavy atom. The summed E-state index contributed by atoms with van der Waals surface area (Å²) in [5.41, 5.74) is 5.65. The summed E-state index contributed by atoms with van der Waals surface area (Å²) in [5.74, 6) is 5.68. The molecule has 7 heteroatoms. The molecule has 2 aromatic heterocycles. The quantitative estimate of drug-likeness (QED) is 0.639. The first-order valence-electron chi connectivity index (χ1n) is 5.74. The van der Waals surface area contributed by atoms with Crippen LogP contribution in [0.5, 0.6) is 0 Å². The van der Waals surface area contributed by atoms with Gasteiger partial charge in [0.25, 0.3) is 0 Å². The van der Waals surface area contributed by atoms with Crippen LogP contribution in [0.25, 0.3) is 0 Å². The number of hydrogen-bond acceptors (Lipinski definition) is 4. The number of halogens is 1. The molecule has 0 radical (unpaired) electrons. The molecule has 0 aromatic carbocycles. The third-order valence-electron chi connectivity index (χ3n) is 2.96. The van der Waals surface area contributed by atoms with E-state index in [1.807, 2.05) is 20.3 Å². The number of nitrogens with two attached hydrogens (primary N) is 1. The summed E-state index contributed by atoms with van der Waals surface area (Å²) < 4.78 is 3.50. The van der Waals surface area contributed by atoms with Gasteiger partial charge in [-0.2, -0.15) is 10.2 Å². The van der Waals surface area contributed by atoms with E-state index in [0.29, 0.717) is 5.02 Å². The first-order valence-corrected chi connectivity index (χ1v) is 6.12. The van der Waals surface area contributed by atoms with Crippen LogP contribution in [0.15, 0.2) is 12.4 Å². The zero-order valence-corrected chi connectivity index (χ0v) is 11.4. The predicted molar refractivity (Wildman–Crippen MR) is 70.0 cm³/mol. The number of hydrogen-bond donors (Lipinski definition) is 2.